The fourth-order valence-corrected chi connectivity index (χ4v) is 4.44. The average Bonchev–Trinajstić information content (AvgIpc) is 3.20. The topological polar surface area (TPSA) is 76.9 Å². The molecule has 11 heteroatoms. The third kappa shape index (κ3) is 4.26. The summed E-state index contributed by atoms with van der Waals surface area (Å²) in [7, 11) is -0.695. The van der Waals surface area contributed by atoms with Crippen LogP contribution in [0.25, 0.3) is 0 Å². The molecule has 0 radical (unpaired) electrons. The smallest absolute Gasteiger partial charge is 0.333 e. The van der Waals surface area contributed by atoms with E-state index in [1.165, 1.54) is 4.31 Å². The molecule has 1 aromatic carbocycles. The molecule has 1 fully saturated rings. The van der Waals surface area contributed by atoms with Crippen LogP contribution >= 0.6 is 0 Å². The van der Waals surface area contributed by atoms with Gasteiger partial charge in [0.2, 0.25) is 10.0 Å². The number of sulfonamides is 1. The van der Waals surface area contributed by atoms with Gasteiger partial charge in [0, 0.05) is 32.7 Å². The van der Waals surface area contributed by atoms with Gasteiger partial charge in [-0.25, -0.2) is 13.1 Å². The zero-order valence-electron chi connectivity index (χ0n) is 15.6. The van der Waals surface area contributed by atoms with Gasteiger partial charge in [0.1, 0.15) is 4.90 Å². The number of halogens is 2. The van der Waals surface area contributed by atoms with Gasteiger partial charge in [0.25, 0.3) is 0 Å². The van der Waals surface area contributed by atoms with Crippen molar-refractivity contribution in [1.82, 2.24) is 19.0 Å². The summed E-state index contributed by atoms with van der Waals surface area (Å²) in [6.45, 7) is -0.641. The van der Waals surface area contributed by atoms with Gasteiger partial charge in [-0.15, -0.1) is 0 Å². The second kappa shape index (κ2) is 8.41. The van der Waals surface area contributed by atoms with Crippen molar-refractivity contribution in [2.75, 3.05) is 40.4 Å². The molecular weight excluding hydrogens is 394 g/mol. The Kier molecular flexibility index (Phi) is 6.16. The van der Waals surface area contributed by atoms with Crippen LogP contribution in [0.15, 0.2) is 35.5 Å². The lowest BCUT2D eigenvalue weighted by Gasteiger charge is -2.33. The number of hydrogen-bond donors (Lipinski definition) is 0. The van der Waals surface area contributed by atoms with Gasteiger partial charge < -0.3 is 9.47 Å². The largest absolute Gasteiger partial charge is 0.493 e. The lowest BCUT2D eigenvalue weighted by molar-refractivity contribution is 0.0563. The van der Waals surface area contributed by atoms with Gasteiger partial charge in [0.15, 0.2) is 11.5 Å². The molecule has 0 saturated carbocycles. The number of benzene rings is 1. The van der Waals surface area contributed by atoms with Crippen LogP contribution in [0.3, 0.4) is 0 Å². The van der Waals surface area contributed by atoms with Crippen molar-refractivity contribution in [2.24, 2.45) is 0 Å². The van der Waals surface area contributed by atoms with Crippen molar-refractivity contribution >= 4 is 10.0 Å². The van der Waals surface area contributed by atoms with Crippen LogP contribution < -0.4 is 9.47 Å². The van der Waals surface area contributed by atoms with E-state index in [0.717, 1.165) is 18.0 Å². The normalized spacial score (nSPS) is 16.5. The maximum Gasteiger partial charge on any atom is 0.333 e. The Bertz CT molecular complexity index is 912. The highest BCUT2D eigenvalue weighted by Gasteiger charge is 2.30. The second-order valence-electron chi connectivity index (χ2n) is 6.30. The zero-order valence-corrected chi connectivity index (χ0v) is 16.4. The molecule has 0 N–H and O–H groups in total. The predicted molar refractivity (Wildman–Crippen MR) is 97.1 cm³/mol. The van der Waals surface area contributed by atoms with Gasteiger partial charge in [-0.1, -0.05) is 6.07 Å². The summed E-state index contributed by atoms with van der Waals surface area (Å²) in [5, 5.41) is 3.41. The molecule has 0 bridgehead atoms. The molecule has 2 heterocycles. The van der Waals surface area contributed by atoms with Gasteiger partial charge in [-0.2, -0.15) is 18.2 Å². The molecule has 3 rings (SSSR count). The molecule has 1 aliphatic rings. The van der Waals surface area contributed by atoms with E-state index in [9.17, 15) is 17.2 Å². The van der Waals surface area contributed by atoms with Gasteiger partial charge in [-0.05, 0) is 17.7 Å². The van der Waals surface area contributed by atoms with Crippen molar-refractivity contribution in [3.8, 4) is 11.5 Å². The van der Waals surface area contributed by atoms with Crippen LogP contribution in [0.1, 0.15) is 12.1 Å². The highest BCUT2D eigenvalue weighted by atomic mass is 32.2. The minimum atomic E-state index is -3.84. The third-order valence-electron chi connectivity index (χ3n) is 4.60. The quantitative estimate of drug-likeness (QED) is 0.685. The first-order valence-corrected chi connectivity index (χ1v) is 10.0. The summed E-state index contributed by atoms with van der Waals surface area (Å²) >= 11 is 0. The summed E-state index contributed by atoms with van der Waals surface area (Å²) in [6.07, 6.45) is 1.81. The molecule has 154 valence electrons. The van der Waals surface area contributed by atoms with Crippen LogP contribution in [0.2, 0.25) is 0 Å². The van der Waals surface area contributed by atoms with Crippen molar-refractivity contribution in [1.29, 1.82) is 0 Å². The van der Waals surface area contributed by atoms with Crippen molar-refractivity contribution in [2.45, 2.75) is 18.0 Å². The molecule has 28 heavy (non-hydrogen) atoms. The molecule has 1 aliphatic heterocycles. The van der Waals surface area contributed by atoms with Crippen LogP contribution in [0.4, 0.5) is 8.78 Å². The standard InChI is InChI=1S/C17H22F2N4O4S/c1-26-15-4-3-13(9-16(15)27-2)11-21-5-7-22(8-6-21)28(24,25)14-10-20-23(12-14)17(18)19/h3-4,9-10,12,17H,5-8,11H2,1-2H3. The number of ether oxygens (including phenoxy) is 2. The number of aromatic nitrogens is 2. The number of piperazine rings is 1. The molecule has 0 atom stereocenters. The maximum atomic E-state index is 12.6. The molecule has 0 unspecified atom stereocenters. The van der Waals surface area contributed by atoms with E-state index in [4.69, 9.17) is 9.47 Å². The third-order valence-corrected chi connectivity index (χ3v) is 6.45. The minimum absolute atomic E-state index is 0.221. The Balaban J connectivity index is 1.62. The first-order valence-electron chi connectivity index (χ1n) is 8.61. The van der Waals surface area contributed by atoms with Crippen molar-refractivity contribution in [3.63, 3.8) is 0 Å². The average molecular weight is 416 g/mol. The van der Waals surface area contributed by atoms with E-state index in [1.807, 2.05) is 18.2 Å². The van der Waals surface area contributed by atoms with Crippen molar-refractivity contribution < 1.29 is 26.7 Å². The predicted octanol–water partition coefficient (Wildman–Crippen LogP) is 1.80. The highest BCUT2D eigenvalue weighted by molar-refractivity contribution is 7.89. The number of rotatable bonds is 7. The summed E-state index contributed by atoms with van der Waals surface area (Å²) in [4.78, 5) is 1.90. The molecule has 0 aliphatic carbocycles. The molecular formula is C17H22F2N4O4S. The fraction of sp³-hybridized carbons (Fsp3) is 0.471. The van der Waals surface area contributed by atoms with Crippen LogP contribution in [0.5, 0.6) is 11.5 Å². The van der Waals surface area contributed by atoms with E-state index < -0.39 is 16.6 Å². The summed E-state index contributed by atoms with van der Waals surface area (Å²) < 4.78 is 62.7. The lowest BCUT2D eigenvalue weighted by atomic mass is 10.1. The molecule has 2 aromatic rings. The Morgan fingerprint density at radius 2 is 1.79 bits per heavy atom. The molecule has 0 spiro atoms. The van der Waals surface area contributed by atoms with Crippen LogP contribution in [0, 0.1) is 0 Å². The van der Waals surface area contributed by atoms with E-state index in [1.54, 1.807) is 14.2 Å². The Morgan fingerprint density at radius 3 is 2.36 bits per heavy atom. The van der Waals surface area contributed by atoms with E-state index in [-0.39, 0.29) is 18.0 Å². The summed E-state index contributed by atoms with van der Waals surface area (Å²) in [5.74, 6) is 1.28. The molecule has 1 saturated heterocycles. The number of nitrogens with zero attached hydrogens (tertiary/aromatic N) is 4. The van der Waals surface area contributed by atoms with Crippen LogP contribution in [-0.2, 0) is 16.6 Å². The van der Waals surface area contributed by atoms with Crippen molar-refractivity contribution in [3.05, 3.63) is 36.2 Å². The lowest BCUT2D eigenvalue weighted by Crippen LogP contribution is -2.48. The Morgan fingerprint density at radius 1 is 1.11 bits per heavy atom. The van der Waals surface area contributed by atoms with E-state index >= 15 is 0 Å². The number of methoxy groups -OCH3 is 2. The minimum Gasteiger partial charge on any atom is -0.493 e. The van der Waals surface area contributed by atoms with E-state index in [2.05, 4.69) is 10.00 Å². The molecule has 1 aromatic heterocycles. The zero-order chi connectivity index (χ0) is 20.3. The highest BCUT2D eigenvalue weighted by Crippen LogP contribution is 2.28. The Labute approximate surface area is 162 Å². The van der Waals surface area contributed by atoms with Gasteiger partial charge >= 0.3 is 6.55 Å². The second-order valence-corrected chi connectivity index (χ2v) is 8.24. The van der Waals surface area contributed by atoms with Gasteiger partial charge in [0.05, 0.1) is 26.6 Å². The molecule has 8 nitrogen and oxygen atoms in total. The Hall–Kier alpha value is -2.24. The fourth-order valence-electron chi connectivity index (χ4n) is 3.07. The number of hydrogen-bond acceptors (Lipinski definition) is 6. The SMILES string of the molecule is COc1ccc(CN2CCN(S(=O)(=O)c3cnn(C(F)F)c3)CC2)cc1OC. The van der Waals surface area contributed by atoms with Gasteiger partial charge in [-0.3, -0.25) is 4.90 Å². The number of alkyl halides is 2. The van der Waals surface area contributed by atoms with Crippen LogP contribution in [-0.4, -0.2) is 67.8 Å². The first-order chi connectivity index (χ1) is 13.3. The summed E-state index contributed by atoms with van der Waals surface area (Å²) in [6, 6.07) is 5.65. The first kappa shape index (κ1) is 20.5. The monoisotopic (exact) mass is 416 g/mol. The summed E-state index contributed by atoms with van der Waals surface area (Å²) in [5.41, 5.74) is 1.02. The maximum absolute atomic E-state index is 12.6. The van der Waals surface area contributed by atoms with E-state index in [0.29, 0.717) is 35.8 Å². The molecule has 0 amide bonds.